The van der Waals surface area contributed by atoms with Gasteiger partial charge in [-0.15, -0.1) is 0 Å². The highest BCUT2D eigenvalue weighted by atomic mass is 19.1. The quantitative estimate of drug-likeness (QED) is 0.870. The number of ether oxygens (including phenoxy) is 1. The fourth-order valence-electron chi connectivity index (χ4n) is 3.41. The summed E-state index contributed by atoms with van der Waals surface area (Å²) in [5.74, 6) is -0.393. The van der Waals surface area contributed by atoms with Gasteiger partial charge >= 0.3 is 6.03 Å². The number of anilines is 1. The van der Waals surface area contributed by atoms with E-state index in [1.54, 1.807) is 30.2 Å². The number of rotatable bonds is 4. The maximum absolute atomic E-state index is 14.0. The van der Waals surface area contributed by atoms with Gasteiger partial charge in [0.15, 0.2) is 5.82 Å². The standard InChI is InChI=1S/C20H24F2N4O2/c1-13-12-25(19-4-5-23-11-18(19)22)6-7-26(13)20(27)24-14(2)15-8-16(21)10-17(9-15)28-3/h4-5,8-11,13-14H,6-7,12H2,1-3H3,(H,24,27)/t13?,14-/m1/s1. The SMILES string of the molecule is COc1cc(F)cc([C@@H](C)NC(=O)N2CCN(c3ccncc3F)CC2C)c1. The minimum atomic E-state index is -0.420. The zero-order valence-electron chi connectivity index (χ0n) is 16.2. The summed E-state index contributed by atoms with van der Waals surface area (Å²) >= 11 is 0. The molecule has 2 amide bonds. The van der Waals surface area contributed by atoms with E-state index in [1.165, 1.54) is 25.4 Å². The molecule has 1 aromatic heterocycles. The highest BCUT2D eigenvalue weighted by Gasteiger charge is 2.29. The van der Waals surface area contributed by atoms with Gasteiger partial charge in [-0.2, -0.15) is 0 Å². The third kappa shape index (κ3) is 4.32. The van der Waals surface area contributed by atoms with Crippen molar-refractivity contribution < 1.29 is 18.3 Å². The average Bonchev–Trinajstić information content (AvgIpc) is 2.67. The summed E-state index contributed by atoms with van der Waals surface area (Å²) in [6.07, 6.45) is 2.74. The lowest BCUT2D eigenvalue weighted by molar-refractivity contribution is 0.168. The van der Waals surface area contributed by atoms with E-state index in [9.17, 15) is 13.6 Å². The number of benzene rings is 1. The van der Waals surface area contributed by atoms with Crippen LogP contribution in [0.3, 0.4) is 0 Å². The van der Waals surface area contributed by atoms with Crippen LogP contribution < -0.4 is 15.0 Å². The Bertz CT molecular complexity index is 849. The predicted octanol–water partition coefficient (Wildman–Crippen LogP) is 3.35. The Kier molecular flexibility index (Phi) is 5.96. The summed E-state index contributed by atoms with van der Waals surface area (Å²) < 4.78 is 32.8. The molecule has 150 valence electrons. The van der Waals surface area contributed by atoms with Crippen LogP contribution in [-0.2, 0) is 0 Å². The van der Waals surface area contributed by atoms with Crippen LogP contribution in [0.5, 0.6) is 5.75 Å². The number of carbonyl (C=O) groups excluding carboxylic acids is 1. The Morgan fingerprint density at radius 1 is 1.32 bits per heavy atom. The van der Waals surface area contributed by atoms with Crippen LogP contribution in [0.4, 0.5) is 19.3 Å². The number of nitrogens with zero attached hydrogens (tertiary/aromatic N) is 3. The van der Waals surface area contributed by atoms with E-state index >= 15 is 0 Å². The Morgan fingerprint density at radius 3 is 2.79 bits per heavy atom. The van der Waals surface area contributed by atoms with Crippen molar-refractivity contribution in [2.24, 2.45) is 0 Å². The number of piperazine rings is 1. The molecule has 1 saturated heterocycles. The van der Waals surface area contributed by atoms with Crippen molar-refractivity contribution in [3.05, 3.63) is 53.9 Å². The highest BCUT2D eigenvalue weighted by molar-refractivity contribution is 5.75. The monoisotopic (exact) mass is 390 g/mol. The van der Waals surface area contributed by atoms with Gasteiger partial charge in [0.1, 0.15) is 11.6 Å². The first-order valence-corrected chi connectivity index (χ1v) is 9.15. The third-order valence-electron chi connectivity index (χ3n) is 4.95. The van der Waals surface area contributed by atoms with Gasteiger partial charge in [-0.1, -0.05) is 0 Å². The summed E-state index contributed by atoms with van der Waals surface area (Å²) in [6.45, 7) is 5.19. The van der Waals surface area contributed by atoms with Crippen molar-refractivity contribution in [2.75, 3.05) is 31.6 Å². The number of methoxy groups -OCH3 is 1. The van der Waals surface area contributed by atoms with Gasteiger partial charge in [-0.25, -0.2) is 13.6 Å². The molecule has 2 aromatic rings. The van der Waals surface area contributed by atoms with Crippen molar-refractivity contribution in [3.8, 4) is 5.75 Å². The van der Waals surface area contributed by atoms with Crippen molar-refractivity contribution in [1.82, 2.24) is 15.2 Å². The van der Waals surface area contributed by atoms with E-state index in [-0.39, 0.29) is 23.9 Å². The van der Waals surface area contributed by atoms with Crippen molar-refractivity contribution in [3.63, 3.8) is 0 Å². The van der Waals surface area contributed by atoms with E-state index in [4.69, 9.17) is 4.74 Å². The first-order chi connectivity index (χ1) is 13.4. The molecular weight excluding hydrogens is 366 g/mol. The first-order valence-electron chi connectivity index (χ1n) is 9.15. The molecule has 2 atom stereocenters. The van der Waals surface area contributed by atoms with Gasteiger partial charge in [0.2, 0.25) is 0 Å². The van der Waals surface area contributed by atoms with Gasteiger partial charge in [-0.05, 0) is 37.6 Å². The summed E-state index contributed by atoms with van der Waals surface area (Å²) in [5, 5.41) is 2.90. The molecule has 1 aromatic carbocycles. The molecule has 6 nitrogen and oxygen atoms in total. The molecule has 0 spiro atoms. The lowest BCUT2D eigenvalue weighted by atomic mass is 10.1. The van der Waals surface area contributed by atoms with Crippen LogP contribution in [0.1, 0.15) is 25.5 Å². The molecule has 0 radical (unpaired) electrons. The minimum Gasteiger partial charge on any atom is -0.497 e. The van der Waals surface area contributed by atoms with Crippen LogP contribution in [0.2, 0.25) is 0 Å². The summed E-state index contributed by atoms with van der Waals surface area (Å²) in [4.78, 5) is 20.1. The molecular formula is C20H24F2N4O2. The second-order valence-electron chi connectivity index (χ2n) is 6.91. The molecule has 1 aliphatic heterocycles. The number of urea groups is 1. The van der Waals surface area contributed by atoms with Gasteiger partial charge in [0.25, 0.3) is 0 Å². The Labute approximate surface area is 163 Å². The largest absolute Gasteiger partial charge is 0.497 e. The fourth-order valence-corrected chi connectivity index (χ4v) is 3.41. The Balaban J connectivity index is 1.64. The van der Waals surface area contributed by atoms with Crippen molar-refractivity contribution in [2.45, 2.75) is 25.9 Å². The fraction of sp³-hybridized carbons (Fsp3) is 0.400. The first kappa shape index (κ1) is 19.9. The number of nitrogens with one attached hydrogen (secondary N) is 1. The number of aromatic nitrogens is 1. The Hall–Kier alpha value is -2.90. The van der Waals surface area contributed by atoms with Gasteiger partial charge in [0, 0.05) is 37.9 Å². The smallest absolute Gasteiger partial charge is 0.318 e. The topological polar surface area (TPSA) is 57.7 Å². The molecule has 2 heterocycles. The summed E-state index contributed by atoms with van der Waals surface area (Å²) in [7, 11) is 1.47. The number of halogens is 2. The normalized spacial score (nSPS) is 18.0. The van der Waals surface area contributed by atoms with Crippen molar-refractivity contribution >= 4 is 11.7 Å². The molecule has 0 aliphatic carbocycles. The van der Waals surface area contributed by atoms with E-state index in [2.05, 4.69) is 10.3 Å². The molecule has 3 rings (SSSR count). The number of hydrogen-bond acceptors (Lipinski definition) is 4. The van der Waals surface area contributed by atoms with E-state index in [0.717, 1.165) is 0 Å². The molecule has 28 heavy (non-hydrogen) atoms. The van der Waals surface area contributed by atoms with Crippen LogP contribution in [0.15, 0.2) is 36.7 Å². The van der Waals surface area contributed by atoms with Gasteiger partial charge in [-0.3, -0.25) is 4.98 Å². The lowest BCUT2D eigenvalue weighted by Crippen LogP contribution is -2.57. The van der Waals surface area contributed by atoms with E-state index < -0.39 is 5.82 Å². The van der Waals surface area contributed by atoms with Gasteiger partial charge in [0.05, 0.1) is 25.0 Å². The van der Waals surface area contributed by atoms with Crippen LogP contribution in [0, 0.1) is 11.6 Å². The Morgan fingerprint density at radius 2 is 2.11 bits per heavy atom. The molecule has 1 N–H and O–H groups in total. The highest BCUT2D eigenvalue weighted by Crippen LogP contribution is 2.24. The number of hydrogen-bond donors (Lipinski definition) is 1. The lowest BCUT2D eigenvalue weighted by Gasteiger charge is -2.41. The molecule has 0 bridgehead atoms. The van der Waals surface area contributed by atoms with Crippen LogP contribution in [0.25, 0.3) is 0 Å². The maximum atomic E-state index is 14.0. The predicted molar refractivity (Wildman–Crippen MR) is 102 cm³/mol. The average molecular weight is 390 g/mol. The van der Waals surface area contributed by atoms with Crippen LogP contribution >= 0.6 is 0 Å². The molecule has 8 heteroatoms. The zero-order chi connectivity index (χ0) is 20.3. The van der Waals surface area contributed by atoms with Gasteiger partial charge < -0.3 is 19.9 Å². The maximum Gasteiger partial charge on any atom is 0.318 e. The molecule has 1 aliphatic rings. The number of carbonyl (C=O) groups is 1. The number of amides is 2. The summed E-state index contributed by atoms with van der Waals surface area (Å²) in [6, 6.07) is 5.26. The molecule has 1 unspecified atom stereocenters. The summed E-state index contributed by atoms with van der Waals surface area (Å²) in [5.41, 5.74) is 1.11. The zero-order valence-corrected chi connectivity index (χ0v) is 16.2. The van der Waals surface area contributed by atoms with E-state index in [1.807, 2.05) is 11.8 Å². The van der Waals surface area contributed by atoms with Crippen LogP contribution in [-0.4, -0.2) is 48.7 Å². The minimum absolute atomic E-state index is 0.115. The third-order valence-corrected chi connectivity index (χ3v) is 4.95. The molecule has 0 saturated carbocycles. The van der Waals surface area contributed by atoms with E-state index in [0.29, 0.717) is 36.6 Å². The molecule has 1 fully saturated rings. The second-order valence-corrected chi connectivity index (χ2v) is 6.91. The van der Waals surface area contributed by atoms with Crippen molar-refractivity contribution in [1.29, 1.82) is 0 Å². The number of pyridine rings is 1. The second kappa shape index (κ2) is 8.41.